The quantitative estimate of drug-likeness (QED) is 0.766. The fourth-order valence-electron chi connectivity index (χ4n) is 2.98. The Morgan fingerprint density at radius 1 is 1.05 bits per heavy atom. The van der Waals surface area contributed by atoms with E-state index in [-0.39, 0.29) is 11.7 Å². The first kappa shape index (κ1) is 14.7. The Morgan fingerprint density at radius 2 is 1.58 bits per heavy atom. The van der Waals surface area contributed by atoms with Crippen LogP contribution in [0, 0.1) is 11.8 Å². The van der Waals surface area contributed by atoms with Crippen LogP contribution in [0.2, 0.25) is 0 Å². The molecule has 1 aliphatic carbocycles. The normalized spacial score (nSPS) is 22.2. The lowest BCUT2D eigenvalue weighted by Crippen LogP contribution is -2.41. The molecule has 0 spiro atoms. The molecule has 19 heavy (non-hydrogen) atoms. The van der Waals surface area contributed by atoms with Crippen LogP contribution < -0.4 is 0 Å². The van der Waals surface area contributed by atoms with Crippen molar-refractivity contribution < 1.29 is 9.53 Å². The zero-order valence-corrected chi connectivity index (χ0v) is 12.8. The van der Waals surface area contributed by atoms with Crippen LogP contribution in [-0.4, -0.2) is 29.7 Å². The lowest BCUT2D eigenvalue weighted by molar-refractivity contribution is 0.0177. The number of rotatable bonds is 3. The third-order valence-corrected chi connectivity index (χ3v) is 4.47. The van der Waals surface area contributed by atoms with Gasteiger partial charge in [-0.05, 0) is 45.4 Å². The van der Waals surface area contributed by atoms with Gasteiger partial charge in [0.05, 0.1) is 0 Å². The number of likely N-dealkylation sites (tertiary alicyclic amines) is 1. The van der Waals surface area contributed by atoms with Crippen molar-refractivity contribution in [2.45, 2.75) is 71.3 Å². The first-order chi connectivity index (χ1) is 8.94. The minimum Gasteiger partial charge on any atom is -0.444 e. The summed E-state index contributed by atoms with van der Waals surface area (Å²) in [5, 5.41) is 0. The number of hydrogen-bond donors (Lipinski definition) is 0. The molecule has 0 aromatic heterocycles. The summed E-state index contributed by atoms with van der Waals surface area (Å²) in [4.78, 5) is 13.8. The van der Waals surface area contributed by atoms with Crippen LogP contribution in [0.3, 0.4) is 0 Å². The predicted molar refractivity (Wildman–Crippen MR) is 77.1 cm³/mol. The number of ether oxygens (including phenoxy) is 1. The van der Waals surface area contributed by atoms with Crippen molar-refractivity contribution in [2.24, 2.45) is 11.8 Å². The zero-order valence-electron chi connectivity index (χ0n) is 12.8. The summed E-state index contributed by atoms with van der Waals surface area (Å²) >= 11 is 0. The van der Waals surface area contributed by atoms with Crippen LogP contribution in [-0.2, 0) is 4.74 Å². The Bertz CT molecular complexity index is 296. The fraction of sp³-hybridized carbons (Fsp3) is 0.938. The molecule has 2 aliphatic rings. The average Bonchev–Trinajstić information content (AvgIpc) is 2.25. The highest BCUT2D eigenvalue weighted by atomic mass is 16.6. The topological polar surface area (TPSA) is 29.5 Å². The summed E-state index contributed by atoms with van der Waals surface area (Å²) in [6.07, 6.45) is 9.32. The van der Waals surface area contributed by atoms with Gasteiger partial charge in [-0.25, -0.2) is 4.79 Å². The van der Waals surface area contributed by atoms with Crippen molar-refractivity contribution in [3.63, 3.8) is 0 Å². The second kappa shape index (κ2) is 6.15. The molecular weight excluding hydrogens is 238 g/mol. The minimum atomic E-state index is -0.377. The largest absolute Gasteiger partial charge is 0.444 e. The molecule has 3 heteroatoms. The second-order valence-corrected chi connectivity index (χ2v) is 7.29. The van der Waals surface area contributed by atoms with Gasteiger partial charge in [0.25, 0.3) is 0 Å². The molecule has 0 radical (unpaired) electrons. The van der Waals surface area contributed by atoms with E-state index in [1.54, 1.807) is 0 Å². The number of carbonyl (C=O) groups excluding carboxylic acids is 1. The molecule has 1 amide bonds. The number of nitrogens with zero attached hydrogens (tertiary/aromatic N) is 1. The summed E-state index contributed by atoms with van der Waals surface area (Å²) in [7, 11) is 0. The number of hydrogen-bond acceptors (Lipinski definition) is 2. The van der Waals surface area contributed by atoms with Crippen molar-refractivity contribution in [3.05, 3.63) is 0 Å². The summed E-state index contributed by atoms with van der Waals surface area (Å²) in [5.41, 5.74) is -0.377. The van der Waals surface area contributed by atoms with E-state index in [0.29, 0.717) is 0 Å². The monoisotopic (exact) mass is 267 g/mol. The summed E-state index contributed by atoms with van der Waals surface area (Å²) in [6, 6.07) is 0. The van der Waals surface area contributed by atoms with E-state index in [4.69, 9.17) is 4.74 Å². The van der Waals surface area contributed by atoms with Crippen LogP contribution in [0.15, 0.2) is 0 Å². The Balaban J connectivity index is 1.65. The maximum Gasteiger partial charge on any atom is 0.410 e. The van der Waals surface area contributed by atoms with Crippen molar-refractivity contribution in [2.75, 3.05) is 13.1 Å². The number of amides is 1. The maximum absolute atomic E-state index is 11.9. The highest BCUT2D eigenvalue weighted by Crippen LogP contribution is 2.33. The predicted octanol–water partition coefficient (Wildman–Crippen LogP) is 4.21. The highest BCUT2D eigenvalue weighted by molar-refractivity contribution is 5.68. The molecular formula is C16H29NO2. The molecule has 0 unspecified atom stereocenters. The molecule has 2 fully saturated rings. The van der Waals surface area contributed by atoms with Gasteiger partial charge in [0.15, 0.2) is 0 Å². The van der Waals surface area contributed by atoms with Gasteiger partial charge in [0, 0.05) is 13.1 Å². The number of piperidine rings is 1. The van der Waals surface area contributed by atoms with Gasteiger partial charge >= 0.3 is 6.09 Å². The summed E-state index contributed by atoms with van der Waals surface area (Å²) in [6.45, 7) is 7.54. The van der Waals surface area contributed by atoms with E-state index >= 15 is 0 Å². The van der Waals surface area contributed by atoms with Gasteiger partial charge in [-0.1, -0.05) is 32.1 Å². The van der Waals surface area contributed by atoms with Crippen molar-refractivity contribution in [1.82, 2.24) is 4.90 Å². The molecule has 0 N–H and O–H groups in total. The molecule has 1 aliphatic heterocycles. The lowest BCUT2D eigenvalue weighted by Gasteiger charge is -2.34. The Morgan fingerprint density at radius 3 is 2.00 bits per heavy atom. The Hall–Kier alpha value is -0.730. The van der Waals surface area contributed by atoms with Crippen molar-refractivity contribution in [3.8, 4) is 0 Å². The maximum atomic E-state index is 11.9. The van der Waals surface area contributed by atoms with Gasteiger partial charge in [-0.2, -0.15) is 0 Å². The zero-order chi connectivity index (χ0) is 13.9. The first-order valence-corrected chi connectivity index (χ1v) is 7.92. The van der Waals surface area contributed by atoms with E-state index < -0.39 is 0 Å². The molecule has 1 heterocycles. The molecule has 110 valence electrons. The van der Waals surface area contributed by atoms with E-state index in [2.05, 4.69) is 0 Å². The van der Waals surface area contributed by atoms with Crippen LogP contribution in [0.1, 0.15) is 65.7 Å². The standard InChI is InChI=1S/C16H29NO2/c1-16(2,3)19-15(18)17-11-9-14(10-12-17)8-7-13-5-4-6-13/h13-14H,4-12H2,1-3H3. The molecule has 0 atom stereocenters. The van der Waals surface area contributed by atoms with Crippen LogP contribution in [0.25, 0.3) is 0 Å². The fourth-order valence-corrected chi connectivity index (χ4v) is 2.98. The average molecular weight is 267 g/mol. The highest BCUT2D eigenvalue weighted by Gasteiger charge is 2.27. The molecule has 3 nitrogen and oxygen atoms in total. The second-order valence-electron chi connectivity index (χ2n) is 7.29. The molecule has 1 saturated carbocycles. The number of carbonyl (C=O) groups is 1. The molecule has 0 bridgehead atoms. The van der Waals surface area contributed by atoms with E-state index in [0.717, 1.165) is 37.8 Å². The van der Waals surface area contributed by atoms with Crippen molar-refractivity contribution in [1.29, 1.82) is 0 Å². The lowest BCUT2D eigenvalue weighted by atomic mass is 9.79. The van der Waals surface area contributed by atoms with Crippen LogP contribution in [0.4, 0.5) is 4.79 Å². The summed E-state index contributed by atoms with van der Waals surface area (Å²) < 4.78 is 5.42. The van der Waals surface area contributed by atoms with Gasteiger partial charge in [-0.3, -0.25) is 0 Å². The smallest absolute Gasteiger partial charge is 0.410 e. The Kier molecular flexibility index (Phi) is 4.75. The van der Waals surface area contributed by atoms with Crippen LogP contribution in [0.5, 0.6) is 0 Å². The van der Waals surface area contributed by atoms with Crippen molar-refractivity contribution >= 4 is 6.09 Å². The van der Waals surface area contributed by atoms with E-state index in [9.17, 15) is 4.79 Å². The SMILES string of the molecule is CC(C)(C)OC(=O)N1CCC(CCC2CCC2)CC1. The van der Waals surface area contributed by atoms with Gasteiger partial charge < -0.3 is 9.64 Å². The van der Waals surface area contributed by atoms with Gasteiger partial charge in [0.1, 0.15) is 5.60 Å². The molecule has 0 aromatic carbocycles. The third kappa shape index (κ3) is 4.70. The van der Waals surface area contributed by atoms with E-state index in [1.165, 1.54) is 32.1 Å². The molecule has 2 rings (SSSR count). The minimum absolute atomic E-state index is 0.134. The Labute approximate surface area is 117 Å². The van der Waals surface area contributed by atoms with Gasteiger partial charge in [-0.15, -0.1) is 0 Å². The van der Waals surface area contributed by atoms with E-state index in [1.807, 2.05) is 25.7 Å². The molecule has 0 aromatic rings. The third-order valence-electron chi connectivity index (χ3n) is 4.47. The van der Waals surface area contributed by atoms with Crippen LogP contribution >= 0.6 is 0 Å². The van der Waals surface area contributed by atoms with Gasteiger partial charge in [0.2, 0.25) is 0 Å². The summed E-state index contributed by atoms with van der Waals surface area (Å²) in [5.74, 6) is 1.85. The molecule has 1 saturated heterocycles. The first-order valence-electron chi connectivity index (χ1n) is 7.92.